The second kappa shape index (κ2) is 5.54. The van der Waals surface area contributed by atoms with Crippen LogP contribution in [0.4, 0.5) is 8.78 Å². The van der Waals surface area contributed by atoms with Gasteiger partial charge < -0.3 is 0 Å². The number of nitrogens with zero attached hydrogens (tertiary/aromatic N) is 3. The summed E-state index contributed by atoms with van der Waals surface area (Å²) in [5.74, 6) is -1.36. The van der Waals surface area contributed by atoms with E-state index in [-0.39, 0.29) is 17.2 Å². The summed E-state index contributed by atoms with van der Waals surface area (Å²) in [4.78, 5) is 0. The summed E-state index contributed by atoms with van der Waals surface area (Å²) >= 11 is 0. The molecule has 4 rings (SSSR count). The summed E-state index contributed by atoms with van der Waals surface area (Å²) in [5.41, 5.74) is 0.129. The molecule has 2 aliphatic rings. The molecule has 1 fully saturated rings. The third-order valence-electron chi connectivity index (χ3n) is 6.58. The van der Waals surface area contributed by atoms with Crippen molar-refractivity contribution in [3.63, 3.8) is 0 Å². The van der Waals surface area contributed by atoms with E-state index in [9.17, 15) is 17.2 Å². The minimum atomic E-state index is -3.47. The number of rotatable bonds is 3. The quantitative estimate of drug-likeness (QED) is 0.802. The average Bonchev–Trinajstić information content (AvgIpc) is 2.95. The fourth-order valence-electron chi connectivity index (χ4n) is 5.15. The maximum atomic E-state index is 14.2. The number of hydrogen-bond donors (Lipinski definition) is 0. The van der Waals surface area contributed by atoms with Gasteiger partial charge in [0.05, 0.1) is 28.7 Å². The molecule has 0 aliphatic heterocycles. The Morgan fingerprint density at radius 2 is 1.81 bits per heavy atom. The van der Waals surface area contributed by atoms with Crippen molar-refractivity contribution in [3.8, 4) is 11.3 Å². The van der Waals surface area contributed by atoms with E-state index in [4.69, 9.17) is 0 Å². The van der Waals surface area contributed by atoms with Gasteiger partial charge in [0, 0.05) is 7.05 Å². The lowest BCUT2D eigenvalue weighted by Gasteiger charge is -2.43. The monoisotopic (exact) mass is 393 g/mol. The first kappa shape index (κ1) is 18.4. The summed E-state index contributed by atoms with van der Waals surface area (Å²) in [6, 6.07) is 5.34. The highest BCUT2D eigenvalue weighted by Gasteiger charge is 2.67. The molecule has 8 heteroatoms. The molecule has 0 unspecified atom stereocenters. The first-order valence-corrected chi connectivity index (χ1v) is 10.6. The molecule has 2 aliphatic carbocycles. The number of sulfonamides is 1. The first-order valence-electron chi connectivity index (χ1n) is 8.78. The van der Waals surface area contributed by atoms with Gasteiger partial charge in [-0.1, -0.05) is 19.9 Å². The van der Waals surface area contributed by atoms with Crippen molar-refractivity contribution < 1.29 is 17.2 Å². The summed E-state index contributed by atoms with van der Waals surface area (Å²) in [7, 11) is -1.90. The zero-order valence-corrected chi connectivity index (χ0v) is 16.4. The molecule has 1 aromatic carbocycles. The summed E-state index contributed by atoms with van der Waals surface area (Å²) in [6.07, 6.45) is 2.60. The van der Waals surface area contributed by atoms with E-state index in [0.717, 1.165) is 12.0 Å². The lowest BCUT2D eigenvalue weighted by molar-refractivity contribution is 0.0912. The van der Waals surface area contributed by atoms with Crippen LogP contribution in [0.3, 0.4) is 0 Å². The zero-order valence-electron chi connectivity index (χ0n) is 15.6. The molecular formula is C19H21F2N3O2S. The van der Waals surface area contributed by atoms with E-state index in [1.807, 2.05) is 13.8 Å². The largest absolute Gasteiger partial charge is 0.212 e. The SMILES string of the molecule is CN([C@@]12CC[C@@H](c3cc(-c4c(F)cccc4F)nnc31)C2(C)C)S(C)(=O)=O. The fourth-order valence-corrected chi connectivity index (χ4v) is 6.12. The molecule has 1 aromatic heterocycles. The Balaban J connectivity index is 1.94. The van der Waals surface area contributed by atoms with Crippen LogP contribution in [0.2, 0.25) is 0 Å². The zero-order chi connectivity index (χ0) is 19.8. The van der Waals surface area contributed by atoms with Crippen molar-refractivity contribution in [1.82, 2.24) is 14.5 Å². The molecule has 0 amide bonds. The Bertz CT molecular complexity index is 1030. The topological polar surface area (TPSA) is 63.2 Å². The smallest absolute Gasteiger partial charge is 0.211 e. The van der Waals surface area contributed by atoms with E-state index in [1.165, 1.54) is 28.8 Å². The molecule has 0 saturated heterocycles. The van der Waals surface area contributed by atoms with Crippen molar-refractivity contribution in [2.75, 3.05) is 13.3 Å². The van der Waals surface area contributed by atoms with Crippen molar-refractivity contribution >= 4 is 10.0 Å². The van der Waals surface area contributed by atoms with Crippen LogP contribution in [0, 0.1) is 17.0 Å². The molecule has 2 aromatic rings. The standard InChI is InChI=1S/C19H21F2N3O2S/c1-18(2)12-8-9-19(18,24(3)27(4,25)26)17-11(12)10-15(22-23-17)16-13(20)6-5-7-14(16)21/h5-7,10,12H,8-9H2,1-4H3/t12-,19-/m0/s1. The van der Waals surface area contributed by atoms with Gasteiger partial charge in [0.1, 0.15) is 11.6 Å². The van der Waals surface area contributed by atoms with Crippen LogP contribution in [0.5, 0.6) is 0 Å². The number of benzene rings is 1. The minimum absolute atomic E-state index is 0.0424. The third-order valence-corrected chi connectivity index (χ3v) is 7.88. The maximum Gasteiger partial charge on any atom is 0.211 e. The second-order valence-corrected chi connectivity index (χ2v) is 10.0. The average molecular weight is 393 g/mol. The Kier molecular flexibility index (Phi) is 3.79. The second-order valence-electron chi connectivity index (χ2n) is 8.03. The van der Waals surface area contributed by atoms with Gasteiger partial charge in [-0.05, 0) is 47.9 Å². The molecule has 1 heterocycles. The van der Waals surface area contributed by atoms with Gasteiger partial charge >= 0.3 is 0 Å². The van der Waals surface area contributed by atoms with Crippen molar-refractivity contribution in [2.45, 2.75) is 38.1 Å². The Morgan fingerprint density at radius 1 is 1.19 bits per heavy atom. The molecule has 0 N–H and O–H groups in total. The number of halogens is 2. The van der Waals surface area contributed by atoms with E-state index in [0.29, 0.717) is 12.1 Å². The Hall–Kier alpha value is -1.93. The highest BCUT2D eigenvalue weighted by atomic mass is 32.2. The van der Waals surface area contributed by atoms with Gasteiger partial charge in [0.25, 0.3) is 0 Å². The van der Waals surface area contributed by atoms with Crippen LogP contribution in [0.25, 0.3) is 11.3 Å². The predicted octanol–water partition coefficient (Wildman–Crippen LogP) is 3.43. The van der Waals surface area contributed by atoms with Gasteiger partial charge in [-0.25, -0.2) is 17.2 Å². The Labute approximate surface area is 157 Å². The van der Waals surface area contributed by atoms with Crippen LogP contribution in [-0.4, -0.2) is 36.2 Å². The Morgan fingerprint density at radius 3 is 2.41 bits per heavy atom. The highest BCUT2D eigenvalue weighted by Crippen LogP contribution is 2.68. The molecule has 5 nitrogen and oxygen atoms in total. The number of fused-ring (bicyclic) bond motifs is 5. The third kappa shape index (κ3) is 2.26. The number of aromatic nitrogens is 2. The molecule has 2 atom stereocenters. The van der Waals surface area contributed by atoms with Gasteiger partial charge in [0.2, 0.25) is 10.0 Å². The van der Waals surface area contributed by atoms with Gasteiger partial charge in [-0.2, -0.15) is 9.40 Å². The molecule has 27 heavy (non-hydrogen) atoms. The van der Waals surface area contributed by atoms with Crippen LogP contribution < -0.4 is 0 Å². The molecule has 144 valence electrons. The van der Waals surface area contributed by atoms with E-state index >= 15 is 0 Å². The molecule has 1 saturated carbocycles. The summed E-state index contributed by atoms with van der Waals surface area (Å²) in [6.45, 7) is 4.05. The minimum Gasteiger partial charge on any atom is -0.212 e. The van der Waals surface area contributed by atoms with Gasteiger partial charge in [-0.15, -0.1) is 5.10 Å². The van der Waals surface area contributed by atoms with Crippen molar-refractivity contribution in [2.24, 2.45) is 5.41 Å². The van der Waals surface area contributed by atoms with Crippen LogP contribution in [-0.2, 0) is 15.6 Å². The highest BCUT2D eigenvalue weighted by molar-refractivity contribution is 7.88. The molecular weight excluding hydrogens is 372 g/mol. The lowest BCUT2D eigenvalue weighted by Crippen LogP contribution is -2.52. The van der Waals surface area contributed by atoms with E-state index in [2.05, 4.69) is 10.2 Å². The molecule has 0 spiro atoms. The predicted molar refractivity (Wildman–Crippen MR) is 97.4 cm³/mol. The van der Waals surface area contributed by atoms with Crippen molar-refractivity contribution in [3.05, 3.63) is 47.2 Å². The first-order chi connectivity index (χ1) is 12.5. The fraction of sp³-hybridized carbons (Fsp3) is 0.474. The van der Waals surface area contributed by atoms with Gasteiger partial charge in [-0.3, -0.25) is 0 Å². The van der Waals surface area contributed by atoms with E-state index < -0.39 is 32.6 Å². The van der Waals surface area contributed by atoms with Crippen LogP contribution in [0.1, 0.15) is 43.9 Å². The molecule has 2 bridgehead atoms. The van der Waals surface area contributed by atoms with Crippen molar-refractivity contribution in [1.29, 1.82) is 0 Å². The van der Waals surface area contributed by atoms with E-state index in [1.54, 1.807) is 13.1 Å². The summed E-state index contributed by atoms with van der Waals surface area (Å²) in [5, 5.41) is 8.40. The maximum absolute atomic E-state index is 14.2. The van der Waals surface area contributed by atoms with Gasteiger partial charge in [0.15, 0.2) is 0 Å². The molecule has 0 radical (unpaired) electrons. The summed E-state index contributed by atoms with van der Waals surface area (Å²) < 4.78 is 54.5. The normalized spacial score (nSPS) is 25.8. The van der Waals surface area contributed by atoms with Crippen LogP contribution in [0.15, 0.2) is 24.3 Å². The van der Waals surface area contributed by atoms with Crippen LogP contribution >= 0.6 is 0 Å². The lowest BCUT2D eigenvalue weighted by atomic mass is 9.75. The number of hydrogen-bond acceptors (Lipinski definition) is 4.